The molecule has 7 nitrogen and oxygen atoms in total. The minimum absolute atomic E-state index is 0.00582. The number of nitro groups is 1. The van der Waals surface area contributed by atoms with Crippen molar-refractivity contribution >= 4 is 40.0 Å². The van der Waals surface area contributed by atoms with Gasteiger partial charge in [0, 0.05) is 11.6 Å². The van der Waals surface area contributed by atoms with Crippen molar-refractivity contribution in [1.82, 2.24) is 5.32 Å². The predicted molar refractivity (Wildman–Crippen MR) is 113 cm³/mol. The fourth-order valence-electron chi connectivity index (χ4n) is 3.07. The summed E-state index contributed by atoms with van der Waals surface area (Å²) in [7, 11) is 0. The molecule has 0 saturated carbocycles. The molecule has 0 aliphatic rings. The van der Waals surface area contributed by atoms with Crippen molar-refractivity contribution in [3.05, 3.63) is 81.9 Å². The number of hydrogen-bond acceptors (Lipinski definition) is 5. The molecule has 3 aromatic carbocycles. The summed E-state index contributed by atoms with van der Waals surface area (Å²) in [6.07, 6.45) is 0. The molecule has 0 bridgehead atoms. The van der Waals surface area contributed by atoms with Crippen LogP contribution < -0.4 is 11.1 Å². The number of carbonyl (C=O) groups is 2. The van der Waals surface area contributed by atoms with Gasteiger partial charge in [0.2, 0.25) is 11.8 Å². The number of nitro benzene ring substituents is 1. The smallest absolute Gasteiger partial charge is 0.283 e. The van der Waals surface area contributed by atoms with Gasteiger partial charge >= 0.3 is 0 Å². The van der Waals surface area contributed by atoms with Crippen molar-refractivity contribution in [2.75, 3.05) is 5.75 Å². The van der Waals surface area contributed by atoms with Crippen LogP contribution in [0.1, 0.15) is 28.9 Å². The van der Waals surface area contributed by atoms with Gasteiger partial charge in [-0.2, -0.15) is 0 Å². The number of thioether (sulfide) groups is 1. The summed E-state index contributed by atoms with van der Waals surface area (Å²) in [4.78, 5) is 34.6. The first kappa shape index (κ1) is 20.3. The lowest BCUT2D eigenvalue weighted by Crippen LogP contribution is -2.28. The summed E-state index contributed by atoms with van der Waals surface area (Å²) in [6, 6.07) is 17.6. The Morgan fingerprint density at radius 2 is 1.86 bits per heavy atom. The molecule has 8 heteroatoms. The Labute approximate surface area is 171 Å². The zero-order valence-corrected chi connectivity index (χ0v) is 16.4. The van der Waals surface area contributed by atoms with E-state index >= 15 is 0 Å². The molecular weight excluding hydrogens is 390 g/mol. The maximum Gasteiger partial charge on any atom is 0.283 e. The third-order valence-electron chi connectivity index (χ3n) is 4.47. The molecule has 148 valence electrons. The van der Waals surface area contributed by atoms with E-state index < -0.39 is 10.8 Å². The molecular formula is C21H19N3O4S. The van der Waals surface area contributed by atoms with Crippen molar-refractivity contribution in [2.24, 2.45) is 5.73 Å². The number of nitrogens with zero attached hydrogens (tertiary/aromatic N) is 1. The van der Waals surface area contributed by atoms with Gasteiger partial charge in [0.05, 0.1) is 21.6 Å². The number of nitrogens with one attached hydrogen (secondary N) is 1. The lowest BCUT2D eigenvalue weighted by atomic mass is 10.00. The van der Waals surface area contributed by atoms with Crippen molar-refractivity contribution in [3.8, 4) is 0 Å². The molecule has 0 fully saturated rings. The van der Waals surface area contributed by atoms with Gasteiger partial charge in [-0.15, -0.1) is 11.8 Å². The van der Waals surface area contributed by atoms with Crippen LogP contribution in [-0.2, 0) is 4.79 Å². The normalized spacial score (nSPS) is 11.8. The Bertz CT molecular complexity index is 1090. The number of hydrogen-bond donors (Lipinski definition) is 2. The van der Waals surface area contributed by atoms with E-state index in [0.717, 1.165) is 34.2 Å². The highest BCUT2D eigenvalue weighted by molar-refractivity contribution is 8.00. The number of primary amides is 1. The van der Waals surface area contributed by atoms with Gasteiger partial charge in [-0.05, 0) is 35.4 Å². The summed E-state index contributed by atoms with van der Waals surface area (Å²) in [5.41, 5.74) is 5.97. The quantitative estimate of drug-likeness (QED) is 0.350. The second kappa shape index (κ2) is 8.74. The monoisotopic (exact) mass is 409 g/mol. The van der Waals surface area contributed by atoms with E-state index in [4.69, 9.17) is 5.73 Å². The van der Waals surface area contributed by atoms with Gasteiger partial charge in [-0.25, -0.2) is 0 Å². The van der Waals surface area contributed by atoms with Crippen LogP contribution in [0.25, 0.3) is 10.8 Å². The van der Waals surface area contributed by atoms with E-state index in [2.05, 4.69) is 5.32 Å². The molecule has 0 saturated heterocycles. The fourth-order valence-corrected chi connectivity index (χ4v) is 3.88. The van der Waals surface area contributed by atoms with Crippen molar-refractivity contribution in [2.45, 2.75) is 17.9 Å². The van der Waals surface area contributed by atoms with Crippen LogP contribution >= 0.6 is 11.8 Å². The zero-order valence-electron chi connectivity index (χ0n) is 15.6. The second-order valence-electron chi connectivity index (χ2n) is 6.45. The van der Waals surface area contributed by atoms with Gasteiger partial charge in [-0.1, -0.05) is 42.5 Å². The van der Waals surface area contributed by atoms with Crippen LogP contribution in [-0.4, -0.2) is 22.5 Å². The number of fused-ring (bicyclic) bond motifs is 1. The number of carbonyl (C=O) groups excluding carboxylic acids is 2. The Balaban J connectivity index is 1.70. The van der Waals surface area contributed by atoms with E-state index in [1.54, 1.807) is 0 Å². The van der Waals surface area contributed by atoms with E-state index in [0.29, 0.717) is 4.90 Å². The van der Waals surface area contributed by atoms with E-state index in [9.17, 15) is 19.7 Å². The molecule has 0 aliphatic carbocycles. The Kier molecular flexibility index (Phi) is 6.13. The molecule has 0 spiro atoms. The maximum absolute atomic E-state index is 12.4. The van der Waals surface area contributed by atoms with Crippen LogP contribution in [0.3, 0.4) is 0 Å². The molecule has 3 N–H and O–H groups in total. The fraction of sp³-hybridized carbons (Fsp3) is 0.143. The van der Waals surface area contributed by atoms with Crippen molar-refractivity contribution in [3.63, 3.8) is 0 Å². The molecule has 3 rings (SSSR count). The molecule has 2 amide bonds. The van der Waals surface area contributed by atoms with Crippen LogP contribution in [0.4, 0.5) is 5.69 Å². The zero-order chi connectivity index (χ0) is 21.0. The highest BCUT2D eigenvalue weighted by Crippen LogP contribution is 2.30. The van der Waals surface area contributed by atoms with Crippen LogP contribution in [0.5, 0.6) is 0 Å². The topological polar surface area (TPSA) is 115 Å². The summed E-state index contributed by atoms with van der Waals surface area (Å²) >= 11 is 1.04. The lowest BCUT2D eigenvalue weighted by Gasteiger charge is -2.16. The molecule has 3 aromatic rings. The number of rotatable bonds is 7. The van der Waals surface area contributed by atoms with Gasteiger partial charge in [0.15, 0.2) is 0 Å². The van der Waals surface area contributed by atoms with E-state index in [-0.39, 0.29) is 29.0 Å². The van der Waals surface area contributed by atoms with Crippen molar-refractivity contribution in [1.29, 1.82) is 0 Å². The minimum atomic E-state index is -0.744. The highest BCUT2D eigenvalue weighted by atomic mass is 32.2. The van der Waals surface area contributed by atoms with Crippen LogP contribution in [0.15, 0.2) is 65.6 Å². The van der Waals surface area contributed by atoms with Crippen LogP contribution in [0, 0.1) is 10.1 Å². The molecule has 1 atom stereocenters. The Hall–Kier alpha value is -3.39. The molecule has 0 heterocycles. The summed E-state index contributed by atoms with van der Waals surface area (Å²) < 4.78 is 0. The number of nitrogens with two attached hydrogens (primary N) is 1. The highest BCUT2D eigenvalue weighted by Gasteiger charge is 2.19. The first-order valence-corrected chi connectivity index (χ1v) is 9.83. The number of benzene rings is 3. The first-order chi connectivity index (χ1) is 13.9. The first-order valence-electron chi connectivity index (χ1n) is 8.85. The number of amides is 2. The molecule has 0 aromatic heterocycles. The summed E-state index contributed by atoms with van der Waals surface area (Å²) in [6.45, 7) is 1.90. The Morgan fingerprint density at radius 3 is 2.59 bits per heavy atom. The Morgan fingerprint density at radius 1 is 1.14 bits per heavy atom. The van der Waals surface area contributed by atoms with E-state index in [1.807, 2.05) is 49.4 Å². The summed E-state index contributed by atoms with van der Waals surface area (Å²) in [5, 5.41) is 16.4. The molecule has 0 radical (unpaired) electrons. The van der Waals surface area contributed by atoms with Gasteiger partial charge in [0.1, 0.15) is 0 Å². The minimum Gasteiger partial charge on any atom is -0.366 e. The van der Waals surface area contributed by atoms with Crippen LogP contribution in [0.2, 0.25) is 0 Å². The lowest BCUT2D eigenvalue weighted by molar-refractivity contribution is -0.387. The summed E-state index contributed by atoms with van der Waals surface area (Å²) in [5.74, 6) is -0.985. The third-order valence-corrected chi connectivity index (χ3v) is 5.53. The van der Waals surface area contributed by atoms with Crippen molar-refractivity contribution < 1.29 is 14.5 Å². The maximum atomic E-state index is 12.4. The van der Waals surface area contributed by atoms with Gasteiger partial charge < -0.3 is 11.1 Å². The van der Waals surface area contributed by atoms with Gasteiger partial charge in [0.25, 0.3) is 5.69 Å². The molecule has 29 heavy (non-hydrogen) atoms. The average molecular weight is 409 g/mol. The van der Waals surface area contributed by atoms with E-state index in [1.165, 1.54) is 12.1 Å². The predicted octanol–water partition coefficient (Wildman–Crippen LogP) is 3.82. The second-order valence-corrected chi connectivity index (χ2v) is 7.47. The largest absolute Gasteiger partial charge is 0.366 e. The standard InChI is InChI=1S/C21H19N3O4S/c1-13(16-8-4-6-14-5-2-3-7-17(14)16)23-20(25)12-29-19-10-9-15(21(22)26)11-18(19)24(27)28/h2-11,13H,12H2,1H3,(H2,22,26)(H,23,25). The SMILES string of the molecule is CC(NC(=O)CSc1ccc(C(N)=O)cc1[N+](=O)[O-])c1cccc2ccccc12. The van der Waals surface area contributed by atoms with Gasteiger partial charge in [-0.3, -0.25) is 19.7 Å². The average Bonchev–Trinajstić information content (AvgIpc) is 2.71. The molecule has 1 unspecified atom stereocenters. The molecule has 0 aliphatic heterocycles. The third kappa shape index (κ3) is 4.72.